The Morgan fingerprint density at radius 2 is 1.70 bits per heavy atom. The smallest absolute Gasteiger partial charge is 0.264 e. The molecule has 1 aromatic heterocycles. The summed E-state index contributed by atoms with van der Waals surface area (Å²) in [4.78, 5) is 9.45. The Hall–Kier alpha value is -2.93. The van der Waals surface area contributed by atoms with Gasteiger partial charge in [0.05, 0.1) is 17.2 Å². The predicted octanol–water partition coefficient (Wildman–Crippen LogP) is 7.67. The molecular formula is C33H41N3O3S. The van der Waals surface area contributed by atoms with Crippen molar-refractivity contribution in [3.05, 3.63) is 65.2 Å². The van der Waals surface area contributed by atoms with Crippen LogP contribution < -0.4 is 9.46 Å². The number of hydrogen-bond acceptors (Lipinski definition) is 5. The molecule has 2 heterocycles. The minimum Gasteiger partial charge on any atom is -0.477 e. The van der Waals surface area contributed by atoms with Gasteiger partial charge in [-0.15, -0.1) is 0 Å². The molecule has 0 amide bonds. The van der Waals surface area contributed by atoms with Crippen molar-refractivity contribution < 1.29 is 13.2 Å². The molecule has 1 N–H and O–H groups in total. The second kappa shape index (κ2) is 10.5. The topological polar surface area (TPSA) is 81.2 Å². The highest BCUT2D eigenvalue weighted by Crippen LogP contribution is 2.61. The first-order valence-electron chi connectivity index (χ1n) is 14.8. The van der Waals surface area contributed by atoms with Crippen molar-refractivity contribution in [3.63, 3.8) is 0 Å². The Kier molecular flexibility index (Phi) is 7.14. The van der Waals surface area contributed by atoms with Gasteiger partial charge in [-0.1, -0.05) is 57.0 Å². The Labute approximate surface area is 239 Å². The van der Waals surface area contributed by atoms with Gasteiger partial charge in [-0.05, 0) is 97.9 Å². The van der Waals surface area contributed by atoms with Crippen molar-refractivity contribution in [1.82, 2.24) is 9.97 Å². The van der Waals surface area contributed by atoms with Crippen LogP contribution in [0.15, 0.2) is 53.4 Å². The van der Waals surface area contributed by atoms with E-state index < -0.39 is 10.0 Å². The maximum Gasteiger partial charge on any atom is 0.264 e. The number of sulfonamides is 1. The molecule has 6 nitrogen and oxygen atoms in total. The average molecular weight is 560 g/mol. The lowest BCUT2D eigenvalue weighted by atomic mass is 9.54. The molecule has 2 unspecified atom stereocenters. The maximum absolute atomic E-state index is 13.7. The Morgan fingerprint density at radius 3 is 2.40 bits per heavy atom. The molecule has 212 valence electrons. The molecule has 3 aromatic rings. The van der Waals surface area contributed by atoms with Crippen LogP contribution in [0.1, 0.15) is 81.4 Å². The van der Waals surface area contributed by atoms with Crippen LogP contribution in [0.4, 0.5) is 5.95 Å². The lowest BCUT2D eigenvalue weighted by molar-refractivity contribution is 0.0172. The molecule has 6 rings (SSSR count). The van der Waals surface area contributed by atoms with Crippen LogP contribution in [0.5, 0.6) is 5.88 Å². The minimum absolute atomic E-state index is 0.0280. The van der Waals surface area contributed by atoms with Gasteiger partial charge in [0, 0.05) is 17.5 Å². The largest absolute Gasteiger partial charge is 0.477 e. The van der Waals surface area contributed by atoms with Crippen molar-refractivity contribution in [2.75, 3.05) is 11.3 Å². The van der Waals surface area contributed by atoms with Crippen LogP contribution in [-0.2, 0) is 10.0 Å². The van der Waals surface area contributed by atoms with Crippen molar-refractivity contribution in [2.45, 2.75) is 83.5 Å². The molecule has 2 saturated carbocycles. The van der Waals surface area contributed by atoms with E-state index in [1.807, 2.05) is 50.2 Å². The third-order valence-corrected chi connectivity index (χ3v) is 10.8. The zero-order valence-electron chi connectivity index (χ0n) is 24.1. The molecule has 1 aliphatic heterocycles. The van der Waals surface area contributed by atoms with Gasteiger partial charge in [-0.25, -0.2) is 18.1 Å². The monoisotopic (exact) mass is 559 g/mol. The summed E-state index contributed by atoms with van der Waals surface area (Å²) in [6.45, 7) is 9.14. The van der Waals surface area contributed by atoms with Gasteiger partial charge in [0.25, 0.3) is 10.0 Å². The van der Waals surface area contributed by atoms with Crippen LogP contribution in [0, 0.1) is 37.0 Å². The molecule has 2 atom stereocenters. The van der Waals surface area contributed by atoms with E-state index in [-0.39, 0.29) is 22.7 Å². The first-order chi connectivity index (χ1) is 19.1. The highest BCUT2D eigenvalue weighted by molar-refractivity contribution is 7.92. The molecule has 3 aliphatic rings. The summed E-state index contributed by atoms with van der Waals surface area (Å²) in [5.41, 5.74) is 5.37. The lowest BCUT2D eigenvalue weighted by Gasteiger charge is -2.51. The lowest BCUT2D eigenvalue weighted by Crippen LogP contribution is -2.41. The molecule has 1 spiro atoms. The highest BCUT2D eigenvalue weighted by Gasteiger charge is 2.50. The number of rotatable bonds is 4. The van der Waals surface area contributed by atoms with E-state index in [1.54, 1.807) is 6.07 Å². The maximum atomic E-state index is 13.7. The van der Waals surface area contributed by atoms with Gasteiger partial charge in [-0.2, -0.15) is 4.98 Å². The average Bonchev–Trinajstić information content (AvgIpc) is 3.37. The zero-order chi connectivity index (χ0) is 28.1. The number of hydrogen-bond donors (Lipinski definition) is 1. The van der Waals surface area contributed by atoms with Crippen molar-refractivity contribution in [2.24, 2.45) is 23.2 Å². The molecule has 7 heteroatoms. The number of benzene rings is 2. The first kappa shape index (κ1) is 27.3. The van der Waals surface area contributed by atoms with E-state index in [0.29, 0.717) is 35.4 Å². The van der Waals surface area contributed by atoms with Crippen LogP contribution in [0.25, 0.3) is 11.3 Å². The predicted molar refractivity (Wildman–Crippen MR) is 159 cm³/mol. The number of ether oxygens (including phenoxy) is 1. The summed E-state index contributed by atoms with van der Waals surface area (Å²) in [6, 6.07) is 15.5. The van der Waals surface area contributed by atoms with E-state index in [0.717, 1.165) is 28.7 Å². The third-order valence-electron chi connectivity index (χ3n) is 9.51. The summed E-state index contributed by atoms with van der Waals surface area (Å²) in [7, 11) is -3.90. The molecular weight excluding hydrogens is 518 g/mol. The van der Waals surface area contributed by atoms with Crippen LogP contribution in [-0.4, -0.2) is 25.0 Å². The molecule has 0 saturated heterocycles. The number of nitrogens with zero attached hydrogens (tertiary/aromatic N) is 2. The SMILES string of the molecule is Cc1cccc(C)c1-c1cc2nc(n1)NS(=O)(=O)c1cccc(c1)C(C1CC3(CCCC3)C1)C(CC(C)C)CO2. The molecule has 2 aromatic carbocycles. The number of aromatic nitrogens is 2. The Morgan fingerprint density at radius 1 is 1.00 bits per heavy atom. The third kappa shape index (κ3) is 5.25. The van der Waals surface area contributed by atoms with Gasteiger partial charge >= 0.3 is 0 Å². The standard InChI is InChI=1S/C33H41N3O3S/c1-21(2)15-25-20-39-29-17-28(30-22(3)9-7-10-23(30)4)34-32(35-29)36-40(37,38)27-12-8-11-24(16-27)31(25)26-18-33(19-26)13-5-6-14-33/h7-12,16-17,21,25-26,31H,5-6,13-15,18-20H2,1-4H3,(H,34,35,36). The second-order valence-electron chi connectivity index (χ2n) is 13.0. The summed E-state index contributed by atoms with van der Waals surface area (Å²) in [6.07, 6.45) is 8.83. The van der Waals surface area contributed by atoms with Crippen molar-refractivity contribution in [3.8, 4) is 17.1 Å². The molecule has 2 aliphatic carbocycles. The minimum atomic E-state index is -3.90. The summed E-state index contributed by atoms with van der Waals surface area (Å²) in [5.74, 6) is 1.94. The summed E-state index contributed by atoms with van der Waals surface area (Å²) in [5, 5.41) is 0. The van der Waals surface area contributed by atoms with Gasteiger partial charge in [0.15, 0.2) is 0 Å². The quantitative estimate of drug-likeness (QED) is 0.355. The fourth-order valence-electron chi connectivity index (χ4n) is 7.84. The fraction of sp³-hybridized carbons (Fsp3) is 0.515. The van der Waals surface area contributed by atoms with Crippen LogP contribution in [0.2, 0.25) is 0 Å². The Bertz CT molecular complexity index is 1480. The Balaban J connectivity index is 1.45. The van der Waals surface area contributed by atoms with Gasteiger partial charge < -0.3 is 4.74 Å². The van der Waals surface area contributed by atoms with E-state index in [4.69, 9.17) is 4.74 Å². The van der Waals surface area contributed by atoms with Crippen LogP contribution in [0.3, 0.4) is 0 Å². The molecule has 2 fully saturated rings. The molecule has 0 radical (unpaired) electrons. The van der Waals surface area contributed by atoms with Crippen molar-refractivity contribution in [1.29, 1.82) is 0 Å². The van der Waals surface area contributed by atoms with E-state index in [1.165, 1.54) is 38.5 Å². The van der Waals surface area contributed by atoms with E-state index >= 15 is 0 Å². The normalized spacial score (nSPS) is 23.5. The highest BCUT2D eigenvalue weighted by atomic mass is 32.2. The van der Waals surface area contributed by atoms with E-state index in [2.05, 4.69) is 34.6 Å². The number of aryl methyl sites for hydroxylation is 2. The number of anilines is 1. The summed E-state index contributed by atoms with van der Waals surface area (Å²) < 4.78 is 36.5. The molecule has 4 bridgehead atoms. The summed E-state index contributed by atoms with van der Waals surface area (Å²) >= 11 is 0. The second-order valence-corrected chi connectivity index (χ2v) is 14.6. The fourth-order valence-corrected chi connectivity index (χ4v) is 8.84. The number of fused-ring (bicyclic) bond motifs is 4. The first-order valence-corrected chi connectivity index (χ1v) is 16.3. The van der Waals surface area contributed by atoms with E-state index in [9.17, 15) is 8.42 Å². The molecule has 40 heavy (non-hydrogen) atoms. The van der Waals surface area contributed by atoms with Crippen molar-refractivity contribution >= 4 is 16.0 Å². The number of nitrogens with one attached hydrogen (secondary N) is 1. The zero-order valence-corrected chi connectivity index (χ0v) is 24.9. The van der Waals surface area contributed by atoms with Crippen LogP contribution >= 0.6 is 0 Å². The van der Waals surface area contributed by atoms with Gasteiger partial charge in [0.1, 0.15) is 0 Å². The van der Waals surface area contributed by atoms with Gasteiger partial charge in [0.2, 0.25) is 11.8 Å². The van der Waals surface area contributed by atoms with Gasteiger partial charge in [-0.3, -0.25) is 0 Å².